The second kappa shape index (κ2) is 4.76. The second-order valence-corrected chi connectivity index (χ2v) is 9.67. The first-order chi connectivity index (χ1) is 6.01. The van der Waals surface area contributed by atoms with Crippen molar-refractivity contribution in [1.29, 1.82) is 0 Å². The van der Waals surface area contributed by atoms with E-state index in [1.165, 1.54) is 0 Å². The molecule has 86 valence electrons. The molecule has 2 unspecified atom stereocenters. The van der Waals surface area contributed by atoms with Gasteiger partial charge in [-0.05, 0) is 0 Å². The van der Waals surface area contributed by atoms with Crippen molar-refractivity contribution in [3.8, 4) is 0 Å². The summed E-state index contributed by atoms with van der Waals surface area (Å²) in [7, 11) is -14.4. The molecule has 0 aliphatic rings. The molecule has 0 rings (SSSR count). The van der Waals surface area contributed by atoms with E-state index in [9.17, 15) is 25.3 Å². The van der Waals surface area contributed by atoms with Crippen molar-refractivity contribution >= 4 is 39.9 Å². The van der Waals surface area contributed by atoms with Crippen molar-refractivity contribution in [2.24, 2.45) is 0 Å². The van der Waals surface area contributed by atoms with Crippen molar-refractivity contribution in [3.05, 3.63) is 0 Å². The van der Waals surface area contributed by atoms with E-state index in [2.05, 4.69) is 0 Å². The average molecular weight is 286 g/mol. The third-order valence-electron chi connectivity index (χ3n) is 0.698. The second-order valence-electron chi connectivity index (χ2n) is 2.01. The number of rotatable bonds is 5. The molecule has 0 aromatic rings. The van der Waals surface area contributed by atoms with Gasteiger partial charge >= 0.3 is 0 Å². The first-order valence-electron chi connectivity index (χ1n) is 2.69. The Kier molecular flexibility index (Phi) is 4.80. The van der Waals surface area contributed by atoms with Gasteiger partial charge in [0.1, 0.15) is 19.7 Å². The van der Waals surface area contributed by atoms with Crippen molar-refractivity contribution in [3.63, 3.8) is 0 Å². The van der Waals surface area contributed by atoms with Crippen LogP contribution in [-0.4, -0.2) is 44.5 Å². The van der Waals surface area contributed by atoms with Crippen LogP contribution in [0.3, 0.4) is 0 Å². The first-order valence-corrected chi connectivity index (χ1v) is 9.06. The van der Waals surface area contributed by atoms with Gasteiger partial charge in [-0.2, -0.15) is 16.8 Å². The molecule has 0 heterocycles. The molecule has 14 heavy (non-hydrogen) atoms. The zero-order valence-electron chi connectivity index (χ0n) is 6.39. The minimum atomic E-state index is -4.59. The molecule has 0 spiro atoms. The molecule has 0 aliphatic heterocycles. The van der Waals surface area contributed by atoms with Crippen LogP contribution in [0.5, 0.6) is 0 Å². The maximum absolute atomic E-state index is 10.7. The molecule has 0 aliphatic carbocycles. The highest BCUT2D eigenvalue weighted by atomic mass is 33.1. The Morgan fingerprint density at radius 3 is 1.14 bits per heavy atom. The Balaban J connectivity index is 4.53. The van der Waals surface area contributed by atoms with Gasteiger partial charge in [-0.3, -0.25) is 9.11 Å². The van der Waals surface area contributed by atoms with Crippen LogP contribution >= 0.6 is 0 Å². The van der Waals surface area contributed by atoms with E-state index in [0.717, 1.165) is 0 Å². The van der Waals surface area contributed by atoms with Gasteiger partial charge in [0.25, 0.3) is 20.2 Å². The predicted octanol–water partition coefficient (Wildman–Crippen LogP) is -1.91. The Bertz CT molecular complexity index is 396. The molecule has 0 fully saturated rings. The van der Waals surface area contributed by atoms with Gasteiger partial charge in [0.15, 0.2) is 10.2 Å². The summed E-state index contributed by atoms with van der Waals surface area (Å²) in [5, 5.41) is -2.68. The molecular weight excluding hydrogens is 280 g/mol. The normalized spacial score (nSPS) is 17.6. The van der Waals surface area contributed by atoms with Gasteiger partial charge in [0.05, 0.1) is 0 Å². The van der Waals surface area contributed by atoms with Gasteiger partial charge in [0.2, 0.25) is 0 Å². The highest BCUT2D eigenvalue weighted by molar-refractivity contribution is 8.63. The fourth-order valence-corrected chi connectivity index (χ4v) is 7.28. The molecule has 12 heteroatoms. The van der Waals surface area contributed by atoms with E-state index in [1.54, 1.807) is 0 Å². The van der Waals surface area contributed by atoms with Crippen LogP contribution in [0, 0.1) is 0 Å². The molecule has 2 atom stereocenters. The fourth-order valence-electron chi connectivity index (χ4n) is 0.351. The Morgan fingerprint density at radius 2 is 1.00 bits per heavy atom. The lowest BCUT2D eigenvalue weighted by Crippen LogP contribution is -2.19. The lowest BCUT2D eigenvalue weighted by molar-refractivity contribution is 0.485. The third kappa shape index (κ3) is 7.52. The Morgan fingerprint density at radius 1 is 0.786 bits per heavy atom. The first kappa shape index (κ1) is 14.1. The molecule has 0 saturated carbocycles. The summed E-state index contributed by atoms with van der Waals surface area (Å²) < 4.78 is 78.3. The largest absolute Gasteiger partial charge is 0.285 e. The van der Waals surface area contributed by atoms with Crippen LogP contribution < -0.4 is 0 Å². The Hall–Kier alpha value is 0.120. The highest BCUT2D eigenvalue weighted by Gasteiger charge is 2.21. The van der Waals surface area contributed by atoms with E-state index in [4.69, 9.17) is 9.11 Å². The van der Waals surface area contributed by atoms with Crippen molar-refractivity contribution < 1.29 is 34.4 Å². The van der Waals surface area contributed by atoms with Crippen LogP contribution in [-0.2, 0) is 39.9 Å². The van der Waals surface area contributed by atoms with Crippen LogP contribution in [0.1, 0.15) is 0 Å². The van der Waals surface area contributed by atoms with Gasteiger partial charge in [-0.15, -0.1) is 0 Å². The van der Waals surface area contributed by atoms with Crippen LogP contribution in [0.2, 0.25) is 0 Å². The lowest BCUT2D eigenvalue weighted by atomic mass is 11.9. The van der Waals surface area contributed by atoms with Gasteiger partial charge in [-0.1, -0.05) is 0 Å². The van der Waals surface area contributed by atoms with Gasteiger partial charge in [0, 0.05) is 0 Å². The SMILES string of the molecule is O=S(CS(=O)(=O)O)S(=O)CS(=O)(=O)O. The van der Waals surface area contributed by atoms with Crippen LogP contribution in [0.4, 0.5) is 0 Å². The van der Waals surface area contributed by atoms with Crippen molar-refractivity contribution in [1.82, 2.24) is 0 Å². The zero-order valence-corrected chi connectivity index (χ0v) is 9.66. The molecule has 0 radical (unpaired) electrons. The average Bonchev–Trinajstić information content (AvgIpc) is 1.78. The smallest absolute Gasteiger partial charge is 0.277 e. The summed E-state index contributed by atoms with van der Waals surface area (Å²) in [6.45, 7) is 0. The predicted molar refractivity (Wildman–Crippen MR) is 49.1 cm³/mol. The van der Waals surface area contributed by atoms with E-state index in [1.807, 2.05) is 0 Å². The minimum absolute atomic E-state index is 1.34. The molecule has 0 aromatic carbocycles. The zero-order chi connectivity index (χ0) is 11.6. The number of hydrogen-bond donors (Lipinski definition) is 2. The van der Waals surface area contributed by atoms with E-state index < -0.39 is 50.1 Å². The maximum Gasteiger partial charge on any atom is 0.277 e. The molecule has 8 nitrogen and oxygen atoms in total. The van der Waals surface area contributed by atoms with E-state index in [0.29, 0.717) is 0 Å². The Labute approximate surface area is 84.5 Å². The van der Waals surface area contributed by atoms with Crippen LogP contribution in [0.15, 0.2) is 0 Å². The fraction of sp³-hybridized carbons (Fsp3) is 1.00. The summed E-state index contributed by atoms with van der Waals surface area (Å²) in [5.74, 6) is 0. The molecule has 0 amide bonds. The van der Waals surface area contributed by atoms with E-state index >= 15 is 0 Å². The monoisotopic (exact) mass is 286 g/mol. The van der Waals surface area contributed by atoms with Gasteiger partial charge < -0.3 is 0 Å². The molecule has 0 saturated heterocycles. The molecular formula is C2H6O8S4. The van der Waals surface area contributed by atoms with Crippen LogP contribution in [0.25, 0.3) is 0 Å². The highest BCUT2D eigenvalue weighted by Crippen LogP contribution is 1.99. The number of hydrogen-bond acceptors (Lipinski definition) is 6. The maximum atomic E-state index is 10.7. The summed E-state index contributed by atoms with van der Waals surface area (Å²) in [6.07, 6.45) is 0. The topological polar surface area (TPSA) is 143 Å². The van der Waals surface area contributed by atoms with E-state index in [-0.39, 0.29) is 0 Å². The quantitative estimate of drug-likeness (QED) is 0.440. The van der Waals surface area contributed by atoms with Crippen molar-refractivity contribution in [2.75, 3.05) is 10.2 Å². The summed E-state index contributed by atoms with van der Waals surface area (Å²) in [5.41, 5.74) is 0. The molecule has 0 bridgehead atoms. The third-order valence-corrected chi connectivity index (χ3v) is 8.01. The molecule has 2 N–H and O–H groups in total. The minimum Gasteiger partial charge on any atom is -0.285 e. The standard InChI is InChI=1S/C2H6O8S4/c3-11(1-13(5,6)7)12(4)2-14(8,9)10/h1-2H2,(H,5,6,7)(H,8,9,10). The lowest BCUT2D eigenvalue weighted by Gasteiger charge is -1.97. The molecule has 0 aromatic heterocycles. The van der Waals surface area contributed by atoms with Crippen molar-refractivity contribution in [2.45, 2.75) is 0 Å². The van der Waals surface area contributed by atoms with Gasteiger partial charge in [-0.25, -0.2) is 8.42 Å². The summed E-state index contributed by atoms with van der Waals surface area (Å²) in [6, 6.07) is 0. The summed E-state index contributed by atoms with van der Waals surface area (Å²) in [4.78, 5) is 0. The summed E-state index contributed by atoms with van der Waals surface area (Å²) >= 11 is 0.